The van der Waals surface area contributed by atoms with E-state index in [1.165, 1.54) is 24.3 Å². The van der Waals surface area contributed by atoms with Crippen molar-refractivity contribution in [2.75, 3.05) is 11.4 Å². The molecule has 120 valence electrons. The molecule has 0 atom stereocenters. The van der Waals surface area contributed by atoms with Gasteiger partial charge in [-0.2, -0.15) is 8.42 Å². The van der Waals surface area contributed by atoms with Crippen molar-refractivity contribution in [3.8, 4) is 5.75 Å². The highest BCUT2D eigenvalue weighted by molar-refractivity contribution is 7.87. The van der Waals surface area contributed by atoms with Crippen molar-refractivity contribution < 1.29 is 17.4 Å². The molecule has 0 unspecified atom stereocenters. The Morgan fingerprint density at radius 2 is 1.83 bits per heavy atom. The molecule has 1 saturated heterocycles. The molecule has 1 amide bonds. The van der Waals surface area contributed by atoms with Gasteiger partial charge in [-0.05, 0) is 48.9 Å². The Balaban J connectivity index is 1.79. The molecule has 1 fully saturated rings. The van der Waals surface area contributed by atoms with Gasteiger partial charge in [-0.3, -0.25) is 4.79 Å². The molecule has 2 aromatic carbocycles. The lowest BCUT2D eigenvalue weighted by atomic mass is 10.3. The Hall–Kier alpha value is -2.05. The van der Waals surface area contributed by atoms with Crippen molar-refractivity contribution in [3.63, 3.8) is 0 Å². The third-order valence-corrected chi connectivity index (χ3v) is 4.99. The molecule has 3 rings (SSSR count). The minimum absolute atomic E-state index is 0.0104. The van der Waals surface area contributed by atoms with E-state index in [0.717, 1.165) is 12.1 Å². The van der Waals surface area contributed by atoms with E-state index >= 15 is 0 Å². The number of rotatable bonds is 4. The predicted octanol–water partition coefficient (Wildman–Crippen LogP) is 3.23. The number of halogens is 1. The van der Waals surface area contributed by atoms with E-state index in [1.54, 1.807) is 29.2 Å². The molecule has 7 heteroatoms. The second kappa shape index (κ2) is 6.22. The normalized spacial score (nSPS) is 15.0. The van der Waals surface area contributed by atoms with Crippen LogP contribution in [0.15, 0.2) is 53.4 Å². The smallest absolute Gasteiger partial charge is 0.339 e. The van der Waals surface area contributed by atoms with Gasteiger partial charge < -0.3 is 9.08 Å². The number of anilines is 1. The molecule has 0 aliphatic carbocycles. The van der Waals surface area contributed by atoms with Gasteiger partial charge in [0.25, 0.3) is 0 Å². The zero-order valence-electron chi connectivity index (χ0n) is 12.1. The van der Waals surface area contributed by atoms with Crippen molar-refractivity contribution >= 4 is 33.3 Å². The van der Waals surface area contributed by atoms with Crippen molar-refractivity contribution in [1.29, 1.82) is 0 Å². The summed E-state index contributed by atoms with van der Waals surface area (Å²) in [6, 6.07) is 12.3. The number of amides is 1. The van der Waals surface area contributed by atoms with Gasteiger partial charge in [0.15, 0.2) is 0 Å². The lowest BCUT2D eigenvalue weighted by Gasteiger charge is -2.16. The maximum Gasteiger partial charge on any atom is 0.339 e. The third kappa shape index (κ3) is 3.48. The molecule has 0 N–H and O–H groups in total. The highest BCUT2D eigenvalue weighted by Gasteiger charge is 2.22. The first-order valence-corrected chi connectivity index (χ1v) is 8.85. The van der Waals surface area contributed by atoms with E-state index in [0.29, 0.717) is 18.0 Å². The van der Waals surface area contributed by atoms with Gasteiger partial charge in [0.2, 0.25) is 5.91 Å². The van der Waals surface area contributed by atoms with Crippen LogP contribution in [0.2, 0.25) is 5.02 Å². The van der Waals surface area contributed by atoms with Crippen LogP contribution in [-0.2, 0) is 14.9 Å². The fourth-order valence-electron chi connectivity index (χ4n) is 2.40. The summed E-state index contributed by atoms with van der Waals surface area (Å²) in [7, 11) is -3.94. The first kappa shape index (κ1) is 15.8. The summed E-state index contributed by atoms with van der Waals surface area (Å²) < 4.78 is 29.5. The quantitative estimate of drug-likeness (QED) is 0.793. The van der Waals surface area contributed by atoms with Crippen LogP contribution in [-0.4, -0.2) is 20.9 Å². The van der Waals surface area contributed by atoms with Gasteiger partial charge >= 0.3 is 10.1 Å². The van der Waals surface area contributed by atoms with E-state index in [9.17, 15) is 13.2 Å². The topological polar surface area (TPSA) is 63.7 Å². The molecule has 0 aromatic heterocycles. The summed E-state index contributed by atoms with van der Waals surface area (Å²) in [5.41, 5.74) is 0.736. The molecular formula is C16H14ClNO4S. The van der Waals surface area contributed by atoms with Crippen LogP contribution in [0, 0.1) is 0 Å². The number of carbonyl (C=O) groups excluding carboxylic acids is 1. The number of carbonyl (C=O) groups is 1. The molecule has 23 heavy (non-hydrogen) atoms. The van der Waals surface area contributed by atoms with E-state index in [1.807, 2.05) is 0 Å². The number of hydrogen-bond donors (Lipinski definition) is 0. The minimum atomic E-state index is -3.94. The molecular weight excluding hydrogens is 338 g/mol. The van der Waals surface area contributed by atoms with Gasteiger partial charge in [-0.15, -0.1) is 0 Å². The number of hydrogen-bond acceptors (Lipinski definition) is 4. The van der Waals surface area contributed by atoms with Crippen molar-refractivity contribution in [1.82, 2.24) is 0 Å². The summed E-state index contributed by atoms with van der Waals surface area (Å²) in [6.45, 7) is 0.680. The largest absolute Gasteiger partial charge is 0.379 e. The van der Waals surface area contributed by atoms with E-state index < -0.39 is 10.1 Å². The van der Waals surface area contributed by atoms with Crippen LogP contribution in [0.25, 0.3) is 0 Å². The highest BCUT2D eigenvalue weighted by atomic mass is 35.5. The SMILES string of the molecule is O=C1CCCN1c1ccc(OS(=O)(=O)c2cccc(Cl)c2)cc1. The molecule has 1 aliphatic heterocycles. The van der Waals surface area contributed by atoms with E-state index in [-0.39, 0.29) is 16.6 Å². The fourth-order valence-corrected chi connectivity index (χ4v) is 3.63. The van der Waals surface area contributed by atoms with Gasteiger partial charge in [-0.1, -0.05) is 17.7 Å². The average molecular weight is 352 g/mol. The maximum atomic E-state index is 12.2. The zero-order chi connectivity index (χ0) is 16.4. The molecule has 1 heterocycles. The Labute approximate surface area is 139 Å². The molecule has 5 nitrogen and oxygen atoms in total. The molecule has 0 spiro atoms. The first-order valence-electron chi connectivity index (χ1n) is 7.06. The number of nitrogens with zero attached hydrogens (tertiary/aromatic N) is 1. The third-order valence-electron chi connectivity index (χ3n) is 3.51. The number of benzene rings is 2. The molecule has 0 radical (unpaired) electrons. The second-order valence-corrected chi connectivity index (χ2v) is 7.12. The summed E-state index contributed by atoms with van der Waals surface area (Å²) in [6.07, 6.45) is 1.38. The van der Waals surface area contributed by atoms with Gasteiger partial charge in [0.05, 0.1) is 0 Å². The minimum Gasteiger partial charge on any atom is -0.379 e. The Bertz CT molecular complexity index is 833. The summed E-state index contributed by atoms with van der Waals surface area (Å²) in [4.78, 5) is 13.4. The van der Waals surface area contributed by atoms with Crippen LogP contribution >= 0.6 is 11.6 Å². The standard InChI is InChI=1S/C16H14ClNO4S/c17-12-3-1-4-15(11-12)23(20,21)22-14-8-6-13(7-9-14)18-10-2-5-16(18)19/h1,3-4,6-9,11H,2,5,10H2. The predicted molar refractivity (Wildman–Crippen MR) is 87.3 cm³/mol. The van der Waals surface area contributed by atoms with Crippen molar-refractivity contribution in [2.45, 2.75) is 17.7 Å². The Morgan fingerprint density at radius 1 is 1.09 bits per heavy atom. The zero-order valence-corrected chi connectivity index (χ0v) is 13.7. The second-order valence-electron chi connectivity index (χ2n) is 5.14. The van der Waals surface area contributed by atoms with Crippen LogP contribution in [0.1, 0.15) is 12.8 Å². The van der Waals surface area contributed by atoms with Crippen LogP contribution < -0.4 is 9.08 Å². The molecule has 0 saturated carbocycles. The summed E-state index contributed by atoms with van der Waals surface area (Å²) in [5, 5.41) is 0.317. The first-order chi connectivity index (χ1) is 11.0. The van der Waals surface area contributed by atoms with Gasteiger partial charge in [0, 0.05) is 23.7 Å². The van der Waals surface area contributed by atoms with Gasteiger partial charge in [-0.25, -0.2) is 0 Å². The van der Waals surface area contributed by atoms with Crippen molar-refractivity contribution in [2.24, 2.45) is 0 Å². The van der Waals surface area contributed by atoms with Crippen LogP contribution in [0.5, 0.6) is 5.75 Å². The fraction of sp³-hybridized carbons (Fsp3) is 0.188. The van der Waals surface area contributed by atoms with Crippen LogP contribution in [0.3, 0.4) is 0 Å². The van der Waals surface area contributed by atoms with E-state index in [4.69, 9.17) is 15.8 Å². The van der Waals surface area contributed by atoms with E-state index in [2.05, 4.69) is 0 Å². The maximum absolute atomic E-state index is 12.2. The molecule has 2 aromatic rings. The molecule has 0 bridgehead atoms. The lowest BCUT2D eigenvalue weighted by Crippen LogP contribution is -2.23. The van der Waals surface area contributed by atoms with Gasteiger partial charge in [0.1, 0.15) is 10.6 Å². The van der Waals surface area contributed by atoms with Crippen LogP contribution in [0.4, 0.5) is 5.69 Å². The Kier molecular flexibility index (Phi) is 4.28. The summed E-state index contributed by atoms with van der Waals surface area (Å²) in [5.74, 6) is 0.255. The van der Waals surface area contributed by atoms with Crippen molar-refractivity contribution in [3.05, 3.63) is 53.6 Å². The molecule has 1 aliphatic rings. The highest BCUT2D eigenvalue weighted by Crippen LogP contribution is 2.26. The monoisotopic (exact) mass is 351 g/mol. The summed E-state index contributed by atoms with van der Waals surface area (Å²) >= 11 is 5.80. The lowest BCUT2D eigenvalue weighted by molar-refractivity contribution is -0.117. The average Bonchev–Trinajstić information content (AvgIpc) is 2.94. The Morgan fingerprint density at radius 3 is 2.43 bits per heavy atom.